The lowest BCUT2D eigenvalue weighted by Crippen LogP contribution is -2.06. The molecule has 5 heteroatoms. The van der Waals surface area contributed by atoms with Crippen LogP contribution in [0, 0.1) is 0 Å². The first-order valence-electron chi connectivity index (χ1n) is 6.04. The standard InChI is InChI=1S/C15H15NO4/c16-14-7-6-12(8-13(14)15(17)18)20-10-19-9-11-4-2-1-3-5-11/h1-8H,9-10,16H2,(H,17,18). The Morgan fingerprint density at radius 2 is 1.90 bits per heavy atom. The van der Waals surface area contributed by atoms with Gasteiger partial charge >= 0.3 is 5.97 Å². The SMILES string of the molecule is Nc1ccc(OCOCc2ccccc2)cc1C(=O)O. The summed E-state index contributed by atoms with van der Waals surface area (Å²) in [7, 11) is 0. The number of nitrogen functional groups attached to an aromatic ring is 1. The van der Waals surface area contributed by atoms with E-state index in [0.29, 0.717) is 12.4 Å². The number of anilines is 1. The number of hydrogen-bond donors (Lipinski definition) is 2. The number of hydrogen-bond acceptors (Lipinski definition) is 4. The summed E-state index contributed by atoms with van der Waals surface area (Å²) >= 11 is 0. The van der Waals surface area contributed by atoms with E-state index in [0.717, 1.165) is 5.56 Å². The minimum absolute atomic E-state index is 0.0190. The van der Waals surface area contributed by atoms with Crippen LogP contribution in [0.15, 0.2) is 48.5 Å². The van der Waals surface area contributed by atoms with Crippen molar-refractivity contribution in [3.05, 3.63) is 59.7 Å². The molecule has 2 rings (SSSR count). The predicted octanol–water partition coefficient (Wildman–Crippen LogP) is 2.52. The molecule has 0 amide bonds. The monoisotopic (exact) mass is 273 g/mol. The molecule has 0 aliphatic rings. The van der Waals surface area contributed by atoms with Crippen LogP contribution in [-0.4, -0.2) is 17.9 Å². The summed E-state index contributed by atoms with van der Waals surface area (Å²) in [4.78, 5) is 10.9. The fraction of sp³-hybridized carbons (Fsp3) is 0.133. The molecule has 0 aromatic heterocycles. The molecular formula is C15H15NO4. The third-order valence-electron chi connectivity index (χ3n) is 2.68. The van der Waals surface area contributed by atoms with E-state index in [9.17, 15) is 4.79 Å². The Hall–Kier alpha value is -2.53. The van der Waals surface area contributed by atoms with Crippen LogP contribution in [0.5, 0.6) is 5.75 Å². The van der Waals surface area contributed by atoms with Gasteiger partial charge in [-0.15, -0.1) is 0 Å². The van der Waals surface area contributed by atoms with Crippen LogP contribution in [0.3, 0.4) is 0 Å². The Balaban J connectivity index is 1.85. The molecule has 0 aliphatic heterocycles. The minimum atomic E-state index is -1.09. The lowest BCUT2D eigenvalue weighted by atomic mass is 10.2. The summed E-state index contributed by atoms with van der Waals surface area (Å²) in [5.41, 5.74) is 6.82. The predicted molar refractivity (Wildman–Crippen MR) is 74.5 cm³/mol. The molecule has 0 saturated heterocycles. The molecule has 0 radical (unpaired) electrons. The number of nitrogens with two attached hydrogens (primary N) is 1. The summed E-state index contributed by atoms with van der Waals surface area (Å²) < 4.78 is 10.7. The second kappa shape index (κ2) is 6.58. The molecule has 5 nitrogen and oxygen atoms in total. The molecule has 0 bridgehead atoms. The van der Waals surface area contributed by atoms with Crippen molar-refractivity contribution in [2.24, 2.45) is 0 Å². The molecule has 2 aromatic carbocycles. The molecule has 20 heavy (non-hydrogen) atoms. The number of rotatable bonds is 6. The van der Waals surface area contributed by atoms with Gasteiger partial charge in [0.25, 0.3) is 0 Å². The highest BCUT2D eigenvalue weighted by Crippen LogP contribution is 2.19. The zero-order chi connectivity index (χ0) is 14.4. The number of aromatic carboxylic acids is 1. The van der Waals surface area contributed by atoms with E-state index in [-0.39, 0.29) is 18.0 Å². The average molecular weight is 273 g/mol. The molecule has 0 aliphatic carbocycles. The molecule has 104 valence electrons. The highest BCUT2D eigenvalue weighted by atomic mass is 16.7. The Morgan fingerprint density at radius 1 is 1.15 bits per heavy atom. The van der Waals surface area contributed by atoms with E-state index in [1.54, 1.807) is 6.07 Å². The molecule has 0 saturated carbocycles. The van der Waals surface area contributed by atoms with E-state index in [4.69, 9.17) is 20.3 Å². The third kappa shape index (κ3) is 3.73. The highest BCUT2D eigenvalue weighted by molar-refractivity contribution is 5.94. The van der Waals surface area contributed by atoms with Gasteiger partial charge < -0.3 is 20.3 Å². The number of benzene rings is 2. The fourth-order valence-corrected chi connectivity index (χ4v) is 1.65. The van der Waals surface area contributed by atoms with Gasteiger partial charge in [-0.2, -0.15) is 0 Å². The third-order valence-corrected chi connectivity index (χ3v) is 2.68. The smallest absolute Gasteiger partial charge is 0.337 e. The van der Waals surface area contributed by atoms with Crippen LogP contribution < -0.4 is 10.5 Å². The Labute approximate surface area is 116 Å². The molecular weight excluding hydrogens is 258 g/mol. The van der Waals surface area contributed by atoms with Crippen LogP contribution in [-0.2, 0) is 11.3 Å². The van der Waals surface area contributed by atoms with E-state index in [2.05, 4.69) is 0 Å². The lowest BCUT2D eigenvalue weighted by molar-refractivity contribution is 0.00497. The molecule has 3 N–H and O–H groups in total. The second-order valence-electron chi connectivity index (χ2n) is 4.15. The van der Waals surface area contributed by atoms with Gasteiger partial charge in [-0.05, 0) is 23.8 Å². The highest BCUT2D eigenvalue weighted by Gasteiger charge is 2.09. The lowest BCUT2D eigenvalue weighted by Gasteiger charge is -2.09. The van der Waals surface area contributed by atoms with Gasteiger partial charge in [-0.1, -0.05) is 30.3 Å². The van der Waals surface area contributed by atoms with Crippen molar-refractivity contribution in [1.29, 1.82) is 0 Å². The van der Waals surface area contributed by atoms with E-state index in [1.807, 2.05) is 30.3 Å². The minimum Gasteiger partial charge on any atom is -0.478 e. The maximum absolute atomic E-state index is 10.9. The molecule has 0 heterocycles. The zero-order valence-corrected chi connectivity index (χ0v) is 10.8. The quantitative estimate of drug-likeness (QED) is 0.480. The van der Waals surface area contributed by atoms with Gasteiger partial charge in [0.1, 0.15) is 5.75 Å². The van der Waals surface area contributed by atoms with Gasteiger partial charge in [-0.3, -0.25) is 0 Å². The maximum atomic E-state index is 10.9. The first kappa shape index (κ1) is 13.9. The first-order chi connectivity index (χ1) is 9.66. The molecule has 0 unspecified atom stereocenters. The molecule has 0 spiro atoms. The van der Waals surface area contributed by atoms with Gasteiger partial charge in [0, 0.05) is 5.69 Å². The van der Waals surface area contributed by atoms with Gasteiger partial charge in [0.05, 0.1) is 12.2 Å². The van der Waals surface area contributed by atoms with Crippen molar-refractivity contribution < 1.29 is 19.4 Å². The summed E-state index contributed by atoms with van der Waals surface area (Å²) in [5, 5.41) is 8.94. The van der Waals surface area contributed by atoms with Crippen LogP contribution in [0.25, 0.3) is 0 Å². The van der Waals surface area contributed by atoms with Gasteiger partial charge in [0.15, 0.2) is 6.79 Å². The second-order valence-corrected chi connectivity index (χ2v) is 4.15. The summed E-state index contributed by atoms with van der Waals surface area (Å²) in [5.74, 6) is -0.678. The van der Waals surface area contributed by atoms with Crippen LogP contribution >= 0.6 is 0 Å². The average Bonchev–Trinajstić information content (AvgIpc) is 2.46. The van der Waals surface area contributed by atoms with Crippen LogP contribution in [0.4, 0.5) is 5.69 Å². The first-order valence-corrected chi connectivity index (χ1v) is 6.04. The molecule has 0 fully saturated rings. The number of carboxylic acid groups (broad SMARTS) is 1. The van der Waals surface area contributed by atoms with E-state index >= 15 is 0 Å². The topological polar surface area (TPSA) is 81.8 Å². The Kier molecular flexibility index (Phi) is 4.57. The summed E-state index contributed by atoms with van der Waals surface area (Å²) in [6, 6.07) is 14.2. The number of ether oxygens (including phenoxy) is 2. The number of carbonyl (C=O) groups is 1. The van der Waals surface area contributed by atoms with E-state index in [1.165, 1.54) is 12.1 Å². The van der Waals surface area contributed by atoms with Crippen LogP contribution in [0.1, 0.15) is 15.9 Å². The molecule has 2 aromatic rings. The zero-order valence-electron chi connectivity index (χ0n) is 10.8. The Morgan fingerprint density at radius 3 is 2.60 bits per heavy atom. The largest absolute Gasteiger partial charge is 0.478 e. The summed E-state index contributed by atoms with van der Waals surface area (Å²) in [6.07, 6.45) is 0. The maximum Gasteiger partial charge on any atom is 0.337 e. The van der Waals surface area contributed by atoms with Crippen LogP contribution in [0.2, 0.25) is 0 Å². The van der Waals surface area contributed by atoms with Crippen molar-refractivity contribution in [1.82, 2.24) is 0 Å². The van der Waals surface area contributed by atoms with Crippen molar-refractivity contribution in [2.75, 3.05) is 12.5 Å². The van der Waals surface area contributed by atoms with E-state index < -0.39 is 5.97 Å². The van der Waals surface area contributed by atoms with Gasteiger partial charge in [-0.25, -0.2) is 4.79 Å². The number of carboxylic acids is 1. The van der Waals surface area contributed by atoms with Gasteiger partial charge in [0.2, 0.25) is 0 Å². The van der Waals surface area contributed by atoms with Crippen molar-refractivity contribution in [3.8, 4) is 5.75 Å². The molecule has 0 atom stereocenters. The van der Waals surface area contributed by atoms with Crippen molar-refractivity contribution in [2.45, 2.75) is 6.61 Å². The fourth-order valence-electron chi connectivity index (χ4n) is 1.65. The Bertz CT molecular complexity index is 584. The van der Waals surface area contributed by atoms with Crippen molar-refractivity contribution in [3.63, 3.8) is 0 Å². The summed E-state index contributed by atoms with van der Waals surface area (Å²) in [6.45, 7) is 0.472. The normalized spacial score (nSPS) is 10.2. The van der Waals surface area contributed by atoms with Crippen molar-refractivity contribution >= 4 is 11.7 Å².